The first-order chi connectivity index (χ1) is 8.56. The molecule has 18 heavy (non-hydrogen) atoms. The van der Waals surface area contributed by atoms with Crippen molar-refractivity contribution in [2.24, 2.45) is 5.16 Å². The van der Waals surface area contributed by atoms with E-state index in [2.05, 4.69) is 5.16 Å². The van der Waals surface area contributed by atoms with E-state index in [4.69, 9.17) is 5.21 Å². The highest BCUT2D eigenvalue weighted by atomic mass is 16.6. The fourth-order valence-corrected chi connectivity index (χ4v) is 1.35. The van der Waals surface area contributed by atoms with Gasteiger partial charge in [0.15, 0.2) is 0 Å². The third kappa shape index (κ3) is 3.55. The second kappa shape index (κ2) is 6.33. The lowest BCUT2D eigenvalue weighted by Gasteiger charge is -2.15. The molecule has 0 aliphatic carbocycles. The first-order valence-corrected chi connectivity index (χ1v) is 5.22. The fraction of sp³-hybridized carbons (Fsp3) is 0.273. The van der Waals surface area contributed by atoms with Gasteiger partial charge < -0.3 is 20.2 Å². The van der Waals surface area contributed by atoms with Crippen molar-refractivity contribution in [3.05, 3.63) is 46.0 Å². The van der Waals surface area contributed by atoms with Gasteiger partial charge in [0.2, 0.25) is 0 Å². The number of nitrogens with zero attached hydrogens (tertiary/aromatic N) is 3. The molecule has 0 spiro atoms. The number of oxime groups is 1. The van der Waals surface area contributed by atoms with Crippen molar-refractivity contribution in [1.82, 2.24) is 4.90 Å². The molecule has 7 nitrogen and oxygen atoms in total. The Balaban J connectivity index is 2.59. The summed E-state index contributed by atoms with van der Waals surface area (Å²) >= 11 is 0. The van der Waals surface area contributed by atoms with Crippen LogP contribution in [0, 0.1) is 10.1 Å². The van der Waals surface area contributed by atoms with Gasteiger partial charge in [0.25, 0.3) is 5.91 Å². The molecule has 0 saturated carbocycles. The van der Waals surface area contributed by atoms with E-state index in [9.17, 15) is 14.9 Å². The van der Waals surface area contributed by atoms with Crippen molar-refractivity contribution < 1.29 is 14.9 Å². The molecule has 0 bridgehead atoms. The van der Waals surface area contributed by atoms with E-state index in [1.54, 1.807) is 30.3 Å². The van der Waals surface area contributed by atoms with Crippen molar-refractivity contribution in [2.45, 2.75) is 6.42 Å². The Morgan fingerprint density at radius 3 is 2.56 bits per heavy atom. The summed E-state index contributed by atoms with van der Waals surface area (Å²) in [6.07, 6.45) is -0.113. The molecule has 0 fully saturated rings. The molecule has 7 heteroatoms. The maximum absolute atomic E-state index is 11.9. The zero-order valence-electron chi connectivity index (χ0n) is 9.81. The van der Waals surface area contributed by atoms with Gasteiger partial charge in [0.1, 0.15) is 5.16 Å². The van der Waals surface area contributed by atoms with E-state index >= 15 is 0 Å². The average molecular weight is 251 g/mol. The Kier molecular flexibility index (Phi) is 4.79. The van der Waals surface area contributed by atoms with Gasteiger partial charge >= 0.3 is 5.84 Å². The van der Waals surface area contributed by atoms with Crippen LogP contribution < -0.4 is 0 Å². The standard InChI is InChI=1S/C11H13N3O4/c1-13(8-7-10(12-16)14(17)18)11(15)9-5-3-2-4-6-9/h2-6,16H,7-8H2,1H3/b12-10-. The van der Waals surface area contributed by atoms with Crippen LogP contribution in [0.4, 0.5) is 0 Å². The van der Waals surface area contributed by atoms with Crippen LogP contribution in [0.15, 0.2) is 35.5 Å². The average Bonchev–Trinajstić information content (AvgIpc) is 2.39. The molecular weight excluding hydrogens is 238 g/mol. The molecule has 1 aromatic rings. The Hall–Kier alpha value is -2.44. The number of carbonyl (C=O) groups excluding carboxylic acids is 1. The fourth-order valence-electron chi connectivity index (χ4n) is 1.35. The Bertz CT molecular complexity index is 459. The third-order valence-electron chi connectivity index (χ3n) is 2.36. The molecule has 0 saturated heterocycles. The Morgan fingerprint density at radius 2 is 2.06 bits per heavy atom. The number of amidine groups is 1. The zero-order valence-corrected chi connectivity index (χ0v) is 9.81. The summed E-state index contributed by atoms with van der Waals surface area (Å²) in [6, 6.07) is 8.58. The topological polar surface area (TPSA) is 96.0 Å². The van der Waals surface area contributed by atoms with Gasteiger partial charge in [-0.05, 0) is 17.1 Å². The minimum absolute atomic E-state index is 0.105. The molecule has 0 unspecified atom stereocenters. The number of rotatable bonds is 4. The van der Waals surface area contributed by atoms with Gasteiger partial charge in [-0.2, -0.15) is 0 Å². The molecule has 1 amide bonds. The minimum Gasteiger partial charge on any atom is -0.358 e. The molecule has 0 aliphatic rings. The second-order valence-corrected chi connectivity index (χ2v) is 3.62. The van der Waals surface area contributed by atoms with Gasteiger partial charge in [0.05, 0.1) is 6.42 Å². The molecule has 1 aromatic carbocycles. The molecular formula is C11H13N3O4. The molecule has 0 aliphatic heterocycles. The summed E-state index contributed by atoms with van der Waals surface area (Å²) in [6.45, 7) is 0.105. The summed E-state index contributed by atoms with van der Waals surface area (Å²) < 4.78 is 0. The number of benzene rings is 1. The number of hydrogen-bond donors (Lipinski definition) is 1. The first-order valence-electron chi connectivity index (χ1n) is 5.22. The van der Waals surface area contributed by atoms with Gasteiger partial charge in [0, 0.05) is 19.2 Å². The van der Waals surface area contributed by atoms with Crippen molar-refractivity contribution in [1.29, 1.82) is 0 Å². The number of carbonyl (C=O) groups is 1. The molecule has 1 N–H and O–H groups in total. The van der Waals surface area contributed by atoms with Gasteiger partial charge in [-0.25, -0.2) is 0 Å². The molecule has 0 aromatic heterocycles. The zero-order chi connectivity index (χ0) is 13.5. The summed E-state index contributed by atoms with van der Waals surface area (Å²) in [5.41, 5.74) is 0.503. The van der Waals surface area contributed by atoms with Crippen LogP contribution in [0.5, 0.6) is 0 Å². The molecule has 96 valence electrons. The van der Waals surface area contributed by atoms with E-state index in [0.29, 0.717) is 5.56 Å². The van der Waals surface area contributed by atoms with Gasteiger partial charge in [-0.3, -0.25) is 4.79 Å². The second-order valence-electron chi connectivity index (χ2n) is 3.62. The molecule has 1 rings (SSSR count). The summed E-state index contributed by atoms with van der Waals surface area (Å²) in [5, 5.41) is 21.4. The van der Waals surface area contributed by atoms with E-state index in [-0.39, 0.29) is 18.9 Å². The largest absolute Gasteiger partial charge is 0.386 e. The normalized spacial score (nSPS) is 11.1. The van der Waals surface area contributed by atoms with Crippen molar-refractivity contribution in [3.8, 4) is 0 Å². The summed E-state index contributed by atoms with van der Waals surface area (Å²) in [4.78, 5) is 22.8. The monoisotopic (exact) mass is 251 g/mol. The predicted octanol–water partition coefficient (Wildman–Crippen LogP) is 1.21. The Labute approximate surface area is 103 Å². The van der Waals surface area contributed by atoms with Crippen LogP contribution in [-0.2, 0) is 0 Å². The highest BCUT2D eigenvalue weighted by molar-refractivity contribution is 5.94. The lowest BCUT2D eigenvalue weighted by atomic mass is 10.2. The highest BCUT2D eigenvalue weighted by Gasteiger charge is 2.17. The number of hydrogen-bond acceptors (Lipinski definition) is 5. The molecule has 0 atom stereocenters. The highest BCUT2D eigenvalue weighted by Crippen LogP contribution is 2.04. The quantitative estimate of drug-likeness (QED) is 0.286. The summed E-state index contributed by atoms with van der Waals surface area (Å²) in [5.74, 6) is -0.807. The molecule has 0 heterocycles. The maximum Gasteiger partial charge on any atom is 0.386 e. The van der Waals surface area contributed by atoms with E-state index in [1.807, 2.05) is 0 Å². The lowest BCUT2D eigenvalue weighted by Crippen LogP contribution is -2.30. The number of amides is 1. The van der Waals surface area contributed by atoms with Gasteiger partial charge in [-0.1, -0.05) is 18.2 Å². The third-order valence-corrected chi connectivity index (χ3v) is 2.36. The van der Waals surface area contributed by atoms with E-state index in [0.717, 1.165) is 0 Å². The first kappa shape index (κ1) is 13.6. The maximum atomic E-state index is 11.9. The van der Waals surface area contributed by atoms with Gasteiger partial charge in [-0.15, -0.1) is 0 Å². The number of nitro groups is 1. The summed E-state index contributed by atoms with van der Waals surface area (Å²) in [7, 11) is 1.53. The van der Waals surface area contributed by atoms with E-state index in [1.165, 1.54) is 11.9 Å². The van der Waals surface area contributed by atoms with Crippen molar-refractivity contribution in [3.63, 3.8) is 0 Å². The van der Waals surface area contributed by atoms with Crippen LogP contribution in [0.1, 0.15) is 16.8 Å². The van der Waals surface area contributed by atoms with Crippen LogP contribution in [-0.4, -0.2) is 40.4 Å². The van der Waals surface area contributed by atoms with Crippen LogP contribution in [0.25, 0.3) is 0 Å². The smallest absolute Gasteiger partial charge is 0.358 e. The van der Waals surface area contributed by atoms with E-state index < -0.39 is 10.8 Å². The molecule has 0 radical (unpaired) electrons. The van der Waals surface area contributed by atoms with Crippen LogP contribution in [0.3, 0.4) is 0 Å². The van der Waals surface area contributed by atoms with Crippen LogP contribution >= 0.6 is 0 Å². The minimum atomic E-state index is -0.777. The predicted molar refractivity (Wildman–Crippen MR) is 64.2 cm³/mol. The lowest BCUT2D eigenvalue weighted by molar-refractivity contribution is -0.355. The Morgan fingerprint density at radius 1 is 1.44 bits per heavy atom. The van der Waals surface area contributed by atoms with Crippen molar-refractivity contribution in [2.75, 3.05) is 13.6 Å². The van der Waals surface area contributed by atoms with Crippen molar-refractivity contribution >= 4 is 11.7 Å². The van der Waals surface area contributed by atoms with Crippen LogP contribution in [0.2, 0.25) is 0 Å². The SMILES string of the molecule is CN(CC/C(=N/O)[N+](=O)[O-])C(=O)c1ccccc1.